The third-order valence-corrected chi connectivity index (χ3v) is 5.70. The fourth-order valence-electron chi connectivity index (χ4n) is 2.53. The van der Waals surface area contributed by atoms with Gasteiger partial charge in [-0.3, -0.25) is 0 Å². The molecule has 3 rings (SSSR count). The first-order valence-electron chi connectivity index (χ1n) is 8.85. The van der Waals surface area contributed by atoms with Crippen LogP contribution in [0.4, 0.5) is 0 Å². The highest BCUT2D eigenvalue weighted by molar-refractivity contribution is 7.89. The molecule has 0 heterocycles. The van der Waals surface area contributed by atoms with Gasteiger partial charge in [-0.1, -0.05) is 66.2 Å². The summed E-state index contributed by atoms with van der Waals surface area (Å²) in [5.74, 6) is 3.50. The van der Waals surface area contributed by atoms with Crippen molar-refractivity contribution in [1.82, 2.24) is 4.31 Å². The Kier molecular flexibility index (Phi) is 6.36. The minimum atomic E-state index is -3.76. The maximum absolute atomic E-state index is 13.1. The fraction of sp³-hybridized carbons (Fsp3) is 0.130. The van der Waals surface area contributed by atoms with E-state index in [-0.39, 0.29) is 18.0 Å². The third kappa shape index (κ3) is 5.15. The predicted molar refractivity (Wildman–Crippen MR) is 110 cm³/mol. The molecule has 0 aliphatic rings. The van der Waals surface area contributed by atoms with Crippen LogP contribution in [0, 0.1) is 18.9 Å². The summed E-state index contributed by atoms with van der Waals surface area (Å²) < 4.78 is 32.9. The summed E-state index contributed by atoms with van der Waals surface area (Å²) in [5.41, 5.74) is 1.85. The molecule has 0 amide bonds. The average Bonchev–Trinajstić information content (AvgIpc) is 2.72. The Morgan fingerprint density at radius 2 is 1.46 bits per heavy atom. The van der Waals surface area contributed by atoms with Gasteiger partial charge >= 0.3 is 0 Å². The van der Waals surface area contributed by atoms with E-state index in [4.69, 9.17) is 4.74 Å². The van der Waals surface area contributed by atoms with Crippen LogP contribution in [0.15, 0.2) is 89.8 Å². The molecule has 0 N–H and O–H groups in total. The quantitative estimate of drug-likeness (QED) is 0.467. The molecule has 3 aromatic rings. The van der Waals surface area contributed by atoms with Gasteiger partial charge in [-0.2, -0.15) is 0 Å². The summed E-state index contributed by atoms with van der Waals surface area (Å²) in [6, 6.07) is 28.2. The number of nitrogens with zero attached hydrogens (tertiary/aromatic N) is 1. The molecule has 142 valence electrons. The summed E-state index contributed by atoms with van der Waals surface area (Å²) in [6.45, 7) is 2.17. The van der Waals surface area contributed by atoms with E-state index in [1.807, 2.05) is 67.6 Å². The van der Waals surface area contributed by atoms with Crippen molar-refractivity contribution in [2.24, 2.45) is 0 Å². The van der Waals surface area contributed by atoms with E-state index < -0.39 is 10.0 Å². The average molecular weight is 391 g/mol. The number of hydrogen-bond acceptors (Lipinski definition) is 3. The second kappa shape index (κ2) is 9.12. The predicted octanol–water partition coefficient (Wildman–Crippen LogP) is 4.23. The van der Waals surface area contributed by atoms with Crippen molar-refractivity contribution in [2.75, 3.05) is 6.61 Å². The van der Waals surface area contributed by atoms with E-state index in [2.05, 4.69) is 12.0 Å². The Hall–Kier alpha value is -3.23. The molecule has 0 fully saturated rings. The highest BCUT2D eigenvalue weighted by atomic mass is 32.2. The molecule has 0 bridgehead atoms. The molecule has 28 heavy (non-hydrogen) atoms. The zero-order valence-corrected chi connectivity index (χ0v) is 16.4. The normalized spacial score (nSPS) is 10.6. The molecule has 0 radical (unpaired) electrons. The number of ether oxygens (including phenoxy) is 1. The van der Waals surface area contributed by atoms with Gasteiger partial charge in [0.15, 0.2) is 6.61 Å². The van der Waals surface area contributed by atoms with Crippen molar-refractivity contribution in [3.05, 3.63) is 96.1 Å². The highest BCUT2D eigenvalue weighted by Crippen LogP contribution is 2.18. The van der Waals surface area contributed by atoms with E-state index in [9.17, 15) is 8.42 Å². The van der Waals surface area contributed by atoms with Gasteiger partial charge in [-0.25, -0.2) is 12.7 Å². The van der Waals surface area contributed by atoms with Gasteiger partial charge in [0.25, 0.3) is 10.0 Å². The van der Waals surface area contributed by atoms with Crippen LogP contribution in [0.2, 0.25) is 0 Å². The maximum Gasteiger partial charge on any atom is 0.271 e. The van der Waals surface area contributed by atoms with Gasteiger partial charge in [0.05, 0.1) is 11.4 Å². The first-order valence-corrected chi connectivity index (χ1v) is 10.3. The Labute approximate surface area is 166 Å². The van der Waals surface area contributed by atoms with Crippen LogP contribution in [0.1, 0.15) is 11.1 Å². The summed E-state index contributed by atoms with van der Waals surface area (Å²) in [5, 5.41) is 0. The first-order chi connectivity index (χ1) is 13.6. The van der Waals surface area contributed by atoms with Crippen molar-refractivity contribution >= 4 is 10.0 Å². The van der Waals surface area contributed by atoms with E-state index >= 15 is 0 Å². The topological polar surface area (TPSA) is 46.6 Å². The van der Waals surface area contributed by atoms with Crippen LogP contribution in [-0.4, -0.2) is 19.3 Å². The lowest BCUT2D eigenvalue weighted by atomic mass is 10.2. The zero-order chi connectivity index (χ0) is 19.8. The molecule has 0 saturated carbocycles. The minimum absolute atomic E-state index is 0.0960. The number of rotatable bonds is 6. The van der Waals surface area contributed by atoms with Crippen LogP contribution in [-0.2, 0) is 16.6 Å². The number of sulfonamides is 1. The second-order valence-corrected chi connectivity index (χ2v) is 8.06. The van der Waals surface area contributed by atoms with Gasteiger partial charge in [0, 0.05) is 6.04 Å². The Morgan fingerprint density at radius 1 is 0.857 bits per heavy atom. The van der Waals surface area contributed by atoms with Gasteiger partial charge in [0.2, 0.25) is 0 Å². The van der Waals surface area contributed by atoms with Crippen molar-refractivity contribution in [3.8, 4) is 17.7 Å². The van der Waals surface area contributed by atoms with Crippen molar-refractivity contribution in [2.45, 2.75) is 18.4 Å². The van der Waals surface area contributed by atoms with Crippen LogP contribution in [0.5, 0.6) is 5.75 Å². The third-order valence-electron chi connectivity index (χ3n) is 4.04. The maximum atomic E-state index is 13.1. The Morgan fingerprint density at radius 3 is 2.11 bits per heavy atom. The van der Waals surface area contributed by atoms with E-state index in [1.165, 1.54) is 4.31 Å². The molecule has 0 atom stereocenters. The van der Waals surface area contributed by atoms with Gasteiger partial charge < -0.3 is 4.74 Å². The molecular formula is C23H21NO3S. The Balaban J connectivity index is 1.83. The molecule has 3 aromatic carbocycles. The number of hydrogen-bond donors (Lipinski definition) is 0. The van der Waals surface area contributed by atoms with Crippen LogP contribution in [0.25, 0.3) is 0 Å². The highest BCUT2D eigenvalue weighted by Gasteiger charge is 2.22. The van der Waals surface area contributed by atoms with Gasteiger partial charge in [-0.15, -0.1) is 0 Å². The Bertz CT molecular complexity index is 1050. The van der Waals surface area contributed by atoms with Gasteiger partial charge in [0.1, 0.15) is 5.75 Å². The van der Waals surface area contributed by atoms with E-state index in [0.717, 1.165) is 11.1 Å². The lowest BCUT2D eigenvalue weighted by Crippen LogP contribution is -2.26. The van der Waals surface area contributed by atoms with Gasteiger partial charge in [-0.05, 0) is 42.7 Å². The van der Waals surface area contributed by atoms with Crippen LogP contribution >= 0.6 is 0 Å². The van der Waals surface area contributed by atoms with Crippen LogP contribution < -0.4 is 4.74 Å². The van der Waals surface area contributed by atoms with Crippen molar-refractivity contribution in [3.63, 3.8) is 0 Å². The molecule has 0 aliphatic carbocycles. The SMILES string of the molecule is Cc1ccc(S(=O)(=O)N(C#CCOc2ccccc2)Cc2ccccc2)cc1. The van der Waals surface area contributed by atoms with Crippen molar-refractivity contribution in [1.29, 1.82) is 0 Å². The number of aryl methyl sites for hydroxylation is 1. The van der Waals surface area contributed by atoms with E-state index in [1.54, 1.807) is 24.3 Å². The summed E-state index contributed by atoms with van der Waals surface area (Å²) in [6.07, 6.45) is 0. The lowest BCUT2D eigenvalue weighted by Gasteiger charge is -2.18. The molecule has 0 aliphatic heterocycles. The molecule has 5 heteroatoms. The lowest BCUT2D eigenvalue weighted by molar-refractivity contribution is 0.369. The number of benzene rings is 3. The molecular weight excluding hydrogens is 370 g/mol. The monoisotopic (exact) mass is 391 g/mol. The minimum Gasteiger partial charge on any atom is -0.481 e. The summed E-state index contributed by atoms with van der Waals surface area (Å²) in [4.78, 5) is 0.215. The second-order valence-electron chi connectivity index (χ2n) is 6.20. The largest absolute Gasteiger partial charge is 0.481 e. The zero-order valence-electron chi connectivity index (χ0n) is 15.6. The fourth-order valence-corrected chi connectivity index (χ4v) is 3.77. The van der Waals surface area contributed by atoms with E-state index in [0.29, 0.717) is 5.75 Å². The molecule has 0 spiro atoms. The summed E-state index contributed by atoms with van der Waals surface area (Å²) in [7, 11) is -3.76. The van der Waals surface area contributed by atoms with Crippen LogP contribution in [0.3, 0.4) is 0 Å². The molecule has 4 nitrogen and oxygen atoms in total. The molecule has 0 aromatic heterocycles. The molecule has 0 unspecified atom stereocenters. The first kappa shape index (κ1) is 19.5. The summed E-state index contributed by atoms with van der Waals surface area (Å²) >= 11 is 0. The standard InChI is InChI=1S/C23H21NO3S/c1-20-13-15-23(16-14-20)28(25,26)24(19-21-9-4-2-5-10-21)17-8-18-27-22-11-6-3-7-12-22/h2-7,9-16H,18-19H2,1H3. The number of para-hydroxylation sites is 1. The smallest absolute Gasteiger partial charge is 0.271 e. The molecule has 0 saturated heterocycles. The van der Waals surface area contributed by atoms with Crippen molar-refractivity contribution < 1.29 is 13.2 Å².